The zero-order chi connectivity index (χ0) is 15.2. The van der Waals surface area contributed by atoms with Crippen LogP contribution < -0.4 is 0 Å². The predicted molar refractivity (Wildman–Crippen MR) is 93.8 cm³/mol. The van der Waals surface area contributed by atoms with Gasteiger partial charge < -0.3 is 4.42 Å². The largest absolute Gasteiger partial charge is 0.456 e. The van der Waals surface area contributed by atoms with Crippen molar-refractivity contribution in [2.45, 2.75) is 13.8 Å². The van der Waals surface area contributed by atoms with Gasteiger partial charge in [0.15, 0.2) is 0 Å². The minimum Gasteiger partial charge on any atom is -0.456 e. The highest BCUT2D eigenvalue weighted by molar-refractivity contribution is 6.11. The van der Waals surface area contributed by atoms with Crippen molar-refractivity contribution in [2.24, 2.45) is 5.41 Å². The van der Waals surface area contributed by atoms with Crippen molar-refractivity contribution in [3.05, 3.63) is 78.4 Å². The van der Waals surface area contributed by atoms with Crippen LogP contribution in [0.4, 0.5) is 0 Å². The van der Waals surface area contributed by atoms with Crippen LogP contribution in [0.2, 0.25) is 0 Å². The van der Waals surface area contributed by atoms with Gasteiger partial charge in [0.1, 0.15) is 11.2 Å². The Balaban J connectivity index is 2.05. The Kier molecular flexibility index (Phi) is 2.83. The summed E-state index contributed by atoms with van der Waals surface area (Å²) in [4.78, 5) is 0. The van der Waals surface area contributed by atoms with E-state index in [1.165, 1.54) is 21.9 Å². The van der Waals surface area contributed by atoms with Crippen LogP contribution in [-0.2, 0) is 0 Å². The van der Waals surface area contributed by atoms with Crippen LogP contribution in [0.25, 0.3) is 27.5 Å². The molecule has 0 saturated carbocycles. The molecule has 22 heavy (non-hydrogen) atoms. The van der Waals surface area contributed by atoms with E-state index in [-0.39, 0.29) is 5.41 Å². The second-order valence-corrected chi connectivity index (χ2v) is 6.42. The fourth-order valence-corrected chi connectivity index (χ4v) is 3.14. The Hall–Kier alpha value is -2.54. The van der Waals surface area contributed by atoms with Crippen molar-refractivity contribution in [1.29, 1.82) is 0 Å². The van der Waals surface area contributed by atoms with Gasteiger partial charge in [-0.15, -0.1) is 0 Å². The minimum absolute atomic E-state index is 0.0422. The van der Waals surface area contributed by atoms with E-state index >= 15 is 0 Å². The first-order valence-corrected chi connectivity index (χ1v) is 7.63. The summed E-state index contributed by atoms with van der Waals surface area (Å²) in [6, 6.07) is 14.5. The van der Waals surface area contributed by atoms with Gasteiger partial charge in [0.2, 0.25) is 0 Å². The first kappa shape index (κ1) is 13.1. The van der Waals surface area contributed by atoms with Gasteiger partial charge in [-0.1, -0.05) is 74.6 Å². The quantitative estimate of drug-likeness (QED) is 0.525. The molecule has 0 atom stereocenters. The zero-order valence-electron chi connectivity index (χ0n) is 12.8. The van der Waals surface area contributed by atoms with E-state index in [4.69, 9.17) is 4.42 Å². The Labute approximate surface area is 130 Å². The molecule has 0 bridgehead atoms. The number of furan rings is 1. The summed E-state index contributed by atoms with van der Waals surface area (Å²) < 4.78 is 6.00. The summed E-state index contributed by atoms with van der Waals surface area (Å²) in [7, 11) is 0. The van der Waals surface area contributed by atoms with Crippen LogP contribution in [-0.4, -0.2) is 0 Å². The number of hydrogen-bond acceptors (Lipinski definition) is 1. The number of allylic oxidation sites excluding steroid dienone is 6. The molecule has 0 spiro atoms. The molecule has 1 aromatic heterocycles. The molecule has 0 saturated heterocycles. The minimum atomic E-state index is 0.0422. The number of fused-ring (bicyclic) bond motifs is 3. The molecule has 0 fully saturated rings. The van der Waals surface area contributed by atoms with Crippen molar-refractivity contribution in [3.63, 3.8) is 0 Å². The second kappa shape index (κ2) is 4.74. The van der Waals surface area contributed by atoms with Gasteiger partial charge in [-0.3, -0.25) is 0 Å². The first-order valence-electron chi connectivity index (χ1n) is 7.63. The third kappa shape index (κ3) is 2.10. The molecular weight excluding hydrogens is 268 g/mol. The predicted octanol–water partition coefficient (Wildman–Crippen LogP) is 6.12. The van der Waals surface area contributed by atoms with Gasteiger partial charge in [-0.2, -0.15) is 0 Å². The molecular formula is C21H18O. The Morgan fingerprint density at radius 2 is 1.68 bits per heavy atom. The number of para-hydroxylation sites is 1. The summed E-state index contributed by atoms with van der Waals surface area (Å²) >= 11 is 0. The van der Waals surface area contributed by atoms with Crippen LogP contribution in [0, 0.1) is 5.41 Å². The van der Waals surface area contributed by atoms with E-state index in [0.29, 0.717) is 0 Å². The SMILES string of the molecule is CC1(C)C=CC=CC(c2cccc3oc4ccccc4c23)=C1. The highest BCUT2D eigenvalue weighted by atomic mass is 16.3. The average molecular weight is 286 g/mol. The smallest absolute Gasteiger partial charge is 0.136 e. The van der Waals surface area contributed by atoms with Crippen molar-refractivity contribution >= 4 is 27.5 Å². The van der Waals surface area contributed by atoms with Crippen molar-refractivity contribution < 1.29 is 4.42 Å². The summed E-state index contributed by atoms with van der Waals surface area (Å²) in [5.41, 5.74) is 4.41. The molecule has 0 unspecified atom stereocenters. The first-order chi connectivity index (χ1) is 10.6. The van der Waals surface area contributed by atoms with Gasteiger partial charge in [0, 0.05) is 16.2 Å². The van der Waals surface area contributed by atoms with Crippen LogP contribution in [0.5, 0.6) is 0 Å². The van der Waals surface area contributed by atoms with Gasteiger partial charge in [-0.05, 0) is 23.3 Å². The average Bonchev–Trinajstić information content (AvgIpc) is 2.78. The standard InChI is InChI=1S/C21H18O/c1-21(2)13-6-5-8-15(14-21)16-10-7-12-19-20(16)17-9-3-4-11-18(17)22-19/h3-14H,1-2H3. The van der Waals surface area contributed by atoms with Gasteiger partial charge in [-0.25, -0.2) is 0 Å². The van der Waals surface area contributed by atoms with Gasteiger partial charge in [0.05, 0.1) is 0 Å². The lowest BCUT2D eigenvalue weighted by Gasteiger charge is -2.16. The molecule has 1 aliphatic carbocycles. The molecule has 2 aromatic carbocycles. The van der Waals surface area contributed by atoms with E-state index in [1.807, 2.05) is 18.2 Å². The molecule has 0 amide bonds. The molecule has 108 valence electrons. The molecule has 1 aliphatic rings. The van der Waals surface area contributed by atoms with Crippen molar-refractivity contribution in [2.75, 3.05) is 0 Å². The maximum Gasteiger partial charge on any atom is 0.136 e. The van der Waals surface area contributed by atoms with Crippen LogP contribution in [0.15, 0.2) is 77.3 Å². The van der Waals surface area contributed by atoms with E-state index < -0.39 is 0 Å². The third-order valence-corrected chi connectivity index (χ3v) is 4.15. The fourth-order valence-electron chi connectivity index (χ4n) is 3.14. The lowest BCUT2D eigenvalue weighted by atomic mass is 9.88. The lowest BCUT2D eigenvalue weighted by Crippen LogP contribution is -2.02. The van der Waals surface area contributed by atoms with E-state index in [9.17, 15) is 0 Å². The molecule has 0 N–H and O–H groups in total. The summed E-state index contributed by atoms with van der Waals surface area (Å²) in [6.07, 6.45) is 11.0. The summed E-state index contributed by atoms with van der Waals surface area (Å²) in [5.74, 6) is 0. The highest BCUT2D eigenvalue weighted by Gasteiger charge is 2.17. The van der Waals surface area contributed by atoms with E-state index in [0.717, 1.165) is 11.2 Å². The molecule has 4 rings (SSSR count). The van der Waals surface area contributed by atoms with Crippen LogP contribution in [0.1, 0.15) is 19.4 Å². The molecule has 1 heteroatoms. The number of hydrogen-bond donors (Lipinski definition) is 0. The maximum atomic E-state index is 6.00. The lowest BCUT2D eigenvalue weighted by molar-refractivity contribution is 0.629. The highest BCUT2D eigenvalue weighted by Crippen LogP contribution is 2.37. The van der Waals surface area contributed by atoms with Crippen LogP contribution in [0.3, 0.4) is 0 Å². The van der Waals surface area contributed by atoms with E-state index in [2.05, 4.69) is 68.5 Å². The second-order valence-electron chi connectivity index (χ2n) is 6.42. The number of rotatable bonds is 1. The zero-order valence-corrected chi connectivity index (χ0v) is 12.8. The Morgan fingerprint density at radius 3 is 2.59 bits per heavy atom. The van der Waals surface area contributed by atoms with Crippen LogP contribution >= 0.6 is 0 Å². The Morgan fingerprint density at radius 1 is 0.864 bits per heavy atom. The van der Waals surface area contributed by atoms with Gasteiger partial charge in [0.25, 0.3) is 0 Å². The molecule has 0 radical (unpaired) electrons. The van der Waals surface area contributed by atoms with Crippen molar-refractivity contribution in [1.82, 2.24) is 0 Å². The molecule has 1 nitrogen and oxygen atoms in total. The number of benzene rings is 2. The molecule has 0 aliphatic heterocycles. The summed E-state index contributed by atoms with van der Waals surface area (Å²) in [5, 5.41) is 2.38. The van der Waals surface area contributed by atoms with Crippen molar-refractivity contribution in [3.8, 4) is 0 Å². The third-order valence-electron chi connectivity index (χ3n) is 4.15. The van der Waals surface area contributed by atoms with E-state index in [1.54, 1.807) is 0 Å². The normalized spacial score (nSPS) is 16.9. The fraction of sp³-hybridized carbons (Fsp3) is 0.143. The summed E-state index contributed by atoms with van der Waals surface area (Å²) in [6.45, 7) is 4.45. The maximum absolute atomic E-state index is 6.00. The Bertz CT molecular complexity index is 948. The monoisotopic (exact) mass is 286 g/mol. The van der Waals surface area contributed by atoms with Gasteiger partial charge >= 0.3 is 0 Å². The topological polar surface area (TPSA) is 13.1 Å². The molecule has 3 aromatic rings. The molecule has 1 heterocycles.